The third kappa shape index (κ3) is 12.0. The first-order chi connectivity index (χ1) is 29.8. The quantitative estimate of drug-likeness (QED) is 0.190. The fourth-order valence-corrected chi connectivity index (χ4v) is 9.71. The zero-order chi connectivity index (χ0) is 46.3. The molecular weight excluding hydrogens is 833 g/mol. The third-order valence-electron chi connectivity index (χ3n) is 12.9. The van der Waals surface area contributed by atoms with Gasteiger partial charge in [0.25, 0.3) is 0 Å². The number of hydrogen-bond donors (Lipinski definition) is 8. The Hall–Kier alpha value is -5.30. The van der Waals surface area contributed by atoms with Gasteiger partial charge in [-0.1, -0.05) is 59.6 Å². The van der Waals surface area contributed by atoms with Gasteiger partial charge in [-0.25, -0.2) is 0 Å². The Balaban J connectivity index is 1.70. The predicted molar refractivity (Wildman–Crippen MR) is 234 cm³/mol. The van der Waals surface area contributed by atoms with E-state index in [2.05, 4.69) is 31.6 Å². The molecule has 1 unspecified atom stereocenters. The topological polar surface area (TPSA) is 279 Å². The molecule has 0 spiro atoms. The number of aromatic nitrogens is 1. The summed E-state index contributed by atoms with van der Waals surface area (Å²) < 4.78 is 0. The van der Waals surface area contributed by atoms with E-state index in [1.54, 1.807) is 6.92 Å². The first kappa shape index (κ1) is 48.7. The number of Topliss-reactive ketones (excluding diaryl/α,β-unsaturated/α-hetero) is 2. The standard InChI is InChI=1S/C44H62N8O10S/c1-7-22(4)24(6)39-34(55)13-25-12-29-28-10-9-21(3)11-30(28)49-43(29)63-20-31(48-36(57)17-47-42(61)38(23(5)8-2)50-37(58)18-46-40(25)59)33(54)14-26(15-35(45)56)44(62)52-19-27(53)16-32(52)41(60)51-39/h9-11,22-27,31-32,38-39,49,53H,7-8,12-20H2,1-6H3,(H2,45,56)(H,46,59)(H,47,61)(H,48,57)(H,50,58)(H,51,60)/t22-,23-,24-,25+,26-,27+,31-,32?,38-,39-/m0/s1. The Labute approximate surface area is 371 Å². The van der Waals surface area contributed by atoms with Crippen molar-refractivity contribution in [2.24, 2.45) is 35.3 Å². The van der Waals surface area contributed by atoms with Crippen LogP contribution in [0.3, 0.4) is 0 Å². The molecule has 63 heavy (non-hydrogen) atoms. The van der Waals surface area contributed by atoms with Crippen LogP contribution in [-0.4, -0.2) is 124 Å². The van der Waals surface area contributed by atoms with Gasteiger partial charge in [0.2, 0.25) is 41.4 Å². The zero-order valence-electron chi connectivity index (χ0n) is 36.8. The lowest BCUT2D eigenvalue weighted by molar-refractivity contribution is -0.145. The minimum absolute atomic E-state index is 0.0242. The molecule has 2 bridgehead atoms. The highest BCUT2D eigenvalue weighted by molar-refractivity contribution is 7.99. The number of benzene rings is 1. The molecule has 1 aromatic heterocycles. The number of aliphatic hydroxyl groups is 1. The Kier molecular flexibility index (Phi) is 16.5. The van der Waals surface area contributed by atoms with Crippen molar-refractivity contribution in [3.05, 3.63) is 29.3 Å². The minimum Gasteiger partial charge on any atom is -0.391 e. The summed E-state index contributed by atoms with van der Waals surface area (Å²) in [6, 6.07) is 0.834. The van der Waals surface area contributed by atoms with E-state index in [-0.39, 0.29) is 37.5 Å². The van der Waals surface area contributed by atoms with Gasteiger partial charge in [-0.2, -0.15) is 0 Å². The van der Waals surface area contributed by atoms with Crippen LogP contribution in [0.2, 0.25) is 0 Å². The molecule has 0 aliphatic carbocycles. The normalized spacial score (nSPS) is 27.9. The number of carbonyl (C=O) groups is 9. The molecule has 1 saturated heterocycles. The molecule has 10 atom stereocenters. The Morgan fingerprint density at radius 3 is 2.21 bits per heavy atom. The molecule has 3 aliphatic heterocycles. The van der Waals surface area contributed by atoms with Crippen molar-refractivity contribution in [2.45, 2.75) is 122 Å². The summed E-state index contributed by atoms with van der Waals surface area (Å²) in [6.45, 7) is 9.73. The number of ketones is 2. The molecule has 5 rings (SSSR count). The second-order valence-corrected chi connectivity index (χ2v) is 18.5. The van der Waals surface area contributed by atoms with Gasteiger partial charge < -0.3 is 47.3 Å². The summed E-state index contributed by atoms with van der Waals surface area (Å²) >= 11 is 1.16. The fraction of sp³-hybridized carbons (Fsp3) is 0.614. The van der Waals surface area contributed by atoms with Crippen molar-refractivity contribution < 1.29 is 48.3 Å². The third-order valence-corrected chi connectivity index (χ3v) is 14.0. The minimum atomic E-state index is -1.38. The SMILES string of the molecule is CC[C@H](C)[C@H](C)[C@@H]1NC(=O)C2C[C@@H](O)CN2C(=O)[C@H](CC(N)=O)CC(=O)[C@@H]2CSc3[nH]c4cc(C)ccc4c3C[C@H](CC1=O)C(=O)NCC(=O)N[C@@H]([C@@H](C)CC)C(=O)NCC(=O)N2. The molecule has 344 valence electrons. The summed E-state index contributed by atoms with van der Waals surface area (Å²) in [5.41, 5.74) is 7.86. The molecular formula is C44H62N8O10S. The molecule has 4 heterocycles. The molecule has 0 saturated carbocycles. The second-order valence-electron chi connectivity index (χ2n) is 17.5. The number of H-pyrrole nitrogens is 1. The van der Waals surface area contributed by atoms with E-state index in [4.69, 9.17) is 5.73 Å². The lowest BCUT2D eigenvalue weighted by atomic mass is 9.81. The van der Waals surface area contributed by atoms with Crippen LogP contribution in [-0.2, 0) is 49.6 Å². The molecule has 2 aromatic rings. The Morgan fingerprint density at radius 2 is 1.54 bits per heavy atom. The number of carbonyl (C=O) groups excluding carboxylic acids is 9. The van der Waals surface area contributed by atoms with E-state index < -0.39 is 133 Å². The maximum atomic E-state index is 14.7. The number of rotatable bonds is 7. The molecule has 7 amide bonds. The van der Waals surface area contributed by atoms with Crippen LogP contribution in [0.1, 0.15) is 84.3 Å². The maximum absolute atomic E-state index is 14.7. The average Bonchev–Trinajstić information content (AvgIpc) is 3.80. The van der Waals surface area contributed by atoms with E-state index in [0.29, 0.717) is 28.9 Å². The number of hydrogen-bond acceptors (Lipinski definition) is 11. The predicted octanol–water partition coefficient (Wildman–Crippen LogP) is 0.541. The lowest BCUT2D eigenvalue weighted by Gasteiger charge is -2.33. The summed E-state index contributed by atoms with van der Waals surface area (Å²) in [4.78, 5) is 130. The molecule has 1 fully saturated rings. The highest BCUT2D eigenvalue weighted by Gasteiger charge is 2.44. The van der Waals surface area contributed by atoms with Gasteiger partial charge >= 0.3 is 0 Å². The zero-order valence-corrected chi connectivity index (χ0v) is 37.7. The van der Waals surface area contributed by atoms with Gasteiger partial charge in [0.05, 0.1) is 42.2 Å². The van der Waals surface area contributed by atoms with Crippen LogP contribution in [0.5, 0.6) is 0 Å². The molecule has 19 heteroatoms. The van der Waals surface area contributed by atoms with Gasteiger partial charge in [0, 0.05) is 54.8 Å². The Bertz CT molecular complexity index is 2110. The summed E-state index contributed by atoms with van der Waals surface area (Å²) in [6.07, 6.45) is -1.81. The van der Waals surface area contributed by atoms with Crippen molar-refractivity contribution >= 4 is 75.6 Å². The van der Waals surface area contributed by atoms with E-state index in [1.165, 1.54) is 0 Å². The number of nitrogens with two attached hydrogens (primary N) is 1. The van der Waals surface area contributed by atoms with Crippen LogP contribution in [0.25, 0.3) is 10.9 Å². The summed E-state index contributed by atoms with van der Waals surface area (Å²) in [5.74, 6) is -9.84. The van der Waals surface area contributed by atoms with Crippen LogP contribution < -0.4 is 32.3 Å². The second kappa shape index (κ2) is 21.4. The average molecular weight is 895 g/mol. The van der Waals surface area contributed by atoms with Crippen molar-refractivity contribution in [3.63, 3.8) is 0 Å². The van der Waals surface area contributed by atoms with E-state index in [9.17, 15) is 48.3 Å². The van der Waals surface area contributed by atoms with E-state index in [0.717, 1.165) is 27.6 Å². The monoisotopic (exact) mass is 894 g/mol. The van der Waals surface area contributed by atoms with Gasteiger partial charge in [-0.3, -0.25) is 43.2 Å². The van der Waals surface area contributed by atoms with Gasteiger partial charge in [0.1, 0.15) is 12.1 Å². The fourth-order valence-electron chi connectivity index (χ4n) is 8.56. The van der Waals surface area contributed by atoms with Crippen molar-refractivity contribution in [1.82, 2.24) is 36.5 Å². The Morgan fingerprint density at radius 1 is 0.857 bits per heavy atom. The first-order valence-corrected chi connectivity index (χ1v) is 22.8. The van der Waals surface area contributed by atoms with Crippen LogP contribution in [0.15, 0.2) is 23.2 Å². The van der Waals surface area contributed by atoms with Gasteiger partial charge in [-0.15, -0.1) is 11.8 Å². The molecule has 1 aromatic carbocycles. The van der Waals surface area contributed by atoms with Crippen LogP contribution in [0.4, 0.5) is 0 Å². The van der Waals surface area contributed by atoms with Crippen LogP contribution >= 0.6 is 11.8 Å². The number of primary amides is 1. The van der Waals surface area contributed by atoms with Gasteiger partial charge in [-0.05, 0) is 48.3 Å². The number of fused-ring (bicyclic) bond motifs is 5. The highest BCUT2D eigenvalue weighted by Crippen LogP contribution is 2.35. The molecule has 3 aliphatic rings. The summed E-state index contributed by atoms with van der Waals surface area (Å²) in [7, 11) is 0. The molecule has 0 radical (unpaired) electrons. The molecule has 18 nitrogen and oxygen atoms in total. The van der Waals surface area contributed by atoms with E-state index >= 15 is 0 Å². The van der Waals surface area contributed by atoms with Crippen molar-refractivity contribution in [1.29, 1.82) is 0 Å². The van der Waals surface area contributed by atoms with Crippen molar-refractivity contribution in [3.8, 4) is 0 Å². The van der Waals surface area contributed by atoms with Crippen LogP contribution in [0, 0.1) is 36.5 Å². The largest absolute Gasteiger partial charge is 0.391 e. The number of aryl methyl sites for hydroxylation is 1. The number of nitrogens with zero attached hydrogens (tertiary/aromatic N) is 1. The number of amides is 7. The van der Waals surface area contributed by atoms with E-state index in [1.807, 2.05) is 52.8 Å². The lowest BCUT2D eigenvalue weighted by Crippen LogP contribution is -2.56. The molecule has 9 N–H and O–H groups in total. The highest BCUT2D eigenvalue weighted by atomic mass is 32.2. The number of aliphatic hydroxyl groups excluding tert-OH is 1. The smallest absolute Gasteiger partial charge is 0.243 e. The summed E-state index contributed by atoms with van der Waals surface area (Å²) in [5, 5.41) is 25.5. The number of thioether (sulfide) groups is 1. The first-order valence-electron chi connectivity index (χ1n) is 21.8. The number of nitrogens with one attached hydrogen (secondary N) is 6. The number of aromatic amines is 1. The van der Waals surface area contributed by atoms with Gasteiger partial charge in [0.15, 0.2) is 11.6 Å². The van der Waals surface area contributed by atoms with Crippen molar-refractivity contribution in [2.75, 3.05) is 25.4 Å². The maximum Gasteiger partial charge on any atom is 0.243 e.